The van der Waals surface area contributed by atoms with Crippen molar-refractivity contribution in [2.75, 3.05) is 6.26 Å². The number of aliphatic hydroxyl groups is 1. The number of nitrogens with zero attached hydrogens (tertiary/aromatic N) is 1. The van der Waals surface area contributed by atoms with Gasteiger partial charge in [0.25, 0.3) is 0 Å². The number of pyridine rings is 1. The van der Waals surface area contributed by atoms with Crippen molar-refractivity contribution in [2.24, 2.45) is 29.1 Å². The third kappa shape index (κ3) is 5.03. The molecule has 0 aliphatic heterocycles. The van der Waals surface area contributed by atoms with E-state index in [1.54, 1.807) is 6.20 Å². The molecular formula is C22H35N3O4S. The number of aromatic nitrogens is 1. The number of sulfonamides is 1. The topological polar surface area (TPSA) is 108 Å². The minimum absolute atomic E-state index is 0.0000509. The summed E-state index contributed by atoms with van der Waals surface area (Å²) in [5, 5.41) is 14.3. The van der Waals surface area contributed by atoms with Crippen LogP contribution in [0.5, 0.6) is 0 Å². The van der Waals surface area contributed by atoms with E-state index >= 15 is 0 Å². The molecule has 3 rings (SSSR count). The lowest BCUT2D eigenvalue weighted by Gasteiger charge is -2.56. The van der Waals surface area contributed by atoms with Crippen LogP contribution >= 0.6 is 0 Å². The molecule has 0 saturated heterocycles. The van der Waals surface area contributed by atoms with Crippen LogP contribution in [0, 0.1) is 29.1 Å². The predicted octanol–water partition coefficient (Wildman–Crippen LogP) is 2.07. The van der Waals surface area contributed by atoms with E-state index in [-0.39, 0.29) is 41.0 Å². The normalized spacial score (nSPS) is 35.3. The molecule has 0 unspecified atom stereocenters. The van der Waals surface area contributed by atoms with E-state index in [1.807, 2.05) is 32.0 Å². The van der Waals surface area contributed by atoms with Crippen molar-refractivity contribution in [3.63, 3.8) is 0 Å². The Balaban J connectivity index is 1.69. The van der Waals surface area contributed by atoms with Gasteiger partial charge in [0.1, 0.15) is 0 Å². The van der Waals surface area contributed by atoms with Crippen LogP contribution in [-0.4, -0.2) is 42.8 Å². The third-order valence-electron chi connectivity index (χ3n) is 7.48. The largest absolute Gasteiger partial charge is 0.392 e. The van der Waals surface area contributed by atoms with Crippen LogP contribution in [0.2, 0.25) is 0 Å². The van der Waals surface area contributed by atoms with Crippen LogP contribution < -0.4 is 10.0 Å². The van der Waals surface area contributed by atoms with Gasteiger partial charge in [-0.3, -0.25) is 9.78 Å². The maximum atomic E-state index is 12.8. The maximum absolute atomic E-state index is 12.8. The molecule has 1 aromatic rings. The van der Waals surface area contributed by atoms with Gasteiger partial charge in [0.15, 0.2) is 0 Å². The molecular weight excluding hydrogens is 402 g/mol. The molecule has 0 radical (unpaired) electrons. The zero-order valence-corrected chi connectivity index (χ0v) is 19.2. The summed E-state index contributed by atoms with van der Waals surface area (Å²) in [6.07, 6.45) is 5.62. The molecule has 3 N–H and O–H groups in total. The van der Waals surface area contributed by atoms with E-state index in [1.165, 1.54) is 6.26 Å². The Labute approximate surface area is 180 Å². The Morgan fingerprint density at radius 2 is 2.03 bits per heavy atom. The second-order valence-electron chi connectivity index (χ2n) is 9.59. The van der Waals surface area contributed by atoms with Gasteiger partial charge in [-0.05, 0) is 61.0 Å². The molecule has 168 valence electrons. The van der Waals surface area contributed by atoms with Gasteiger partial charge < -0.3 is 10.4 Å². The summed E-state index contributed by atoms with van der Waals surface area (Å²) in [5.74, 6) is -0.604. The molecule has 1 heterocycles. The van der Waals surface area contributed by atoms with Gasteiger partial charge in [0.2, 0.25) is 15.9 Å². The number of rotatable bonds is 6. The summed E-state index contributed by atoms with van der Waals surface area (Å²) in [6.45, 7) is 6.48. The molecule has 2 saturated carbocycles. The molecule has 1 aromatic heterocycles. The Kier molecular flexibility index (Phi) is 6.89. The third-order valence-corrected chi connectivity index (χ3v) is 8.21. The van der Waals surface area contributed by atoms with Crippen LogP contribution in [0.1, 0.15) is 52.1 Å². The van der Waals surface area contributed by atoms with Crippen LogP contribution in [0.15, 0.2) is 24.4 Å². The molecule has 2 fully saturated rings. The number of hydrogen-bond acceptors (Lipinski definition) is 5. The van der Waals surface area contributed by atoms with E-state index in [0.717, 1.165) is 31.4 Å². The molecule has 1 amide bonds. The van der Waals surface area contributed by atoms with Gasteiger partial charge in [-0.15, -0.1) is 0 Å². The molecule has 8 heteroatoms. The van der Waals surface area contributed by atoms with Crippen LogP contribution in [0.3, 0.4) is 0 Å². The van der Waals surface area contributed by atoms with Crippen molar-refractivity contribution in [3.8, 4) is 0 Å². The lowest BCUT2D eigenvalue weighted by Crippen LogP contribution is -2.58. The molecule has 0 bridgehead atoms. The molecule has 7 atom stereocenters. The maximum Gasteiger partial charge on any atom is 0.223 e. The highest BCUT2D eigenvalue weighted by molar-refractivity contribution is 7.88. The minimum atomic E-state index is -3.31. The molecule has 30 heavy (non-hydrogen) atoms. The molecule has 2 aliphatic rings. The van der Waals surface area contributed by atoms with Crippen molar-refractivity contribution in [3.05, 3.63) is 30.1 Å². The van der Waals surface area contributed by atoms with Gasteiger partial charge in [0.05, 0.1) is 24.6 Å². The van der Waals surface area contributed by atoms with Gasteiger partial charge >= 0.3 is 0 Å². The van der Waals surface area contributed by atoms with Gasteiger partial charge in [-0.2, -0.15) is 0 Å². The Morgan fingerprint density at radius 1 is 1.33 bits per heavy atom. The smallest absolute Gasteiger partial charge is 0.223 e. The van der Waals surface area contributed by atoms with Gasteiger partial charge in [0, 0.05) is 18.2 Å². The highest BCUT2D eigenvalue weighted by atomic mass is 32.2. The highest BCUT2D eigenvalue weighted by Crippen LogP contribution is 2.55. The first-order valence-corrected chi connectivity index (χ1v) is 12.7. The van der Waals surface area contributed by atoms with Crippen molar-refractivity contribution in [2.45, 2.75) is 65.1 Å². The minimum Gasteiger partial charge on any atom is -0.392 e. The quantitative estimate of drug-likeness (QED) is 0.631. The second kappa shape index (κ2) is 8.93. The van der Waals surface area contributed by atoms with Crippen molar-refractivity contribution in [1.29, 1.82) is 0 Å². The molecule has 0 spiro atoms. The first kappa shape index (κ1) is 23.2. The number of hydrogen-bond donors (Lipinski definition) is 3. The number of aliphatic hydroxyl groups excluding tert-OH is 1. The number of amides is 1. The number of fused-ring (bicyclic) bond motifs is 1. The number of carbonyl (C=O) groups excluding carboxylic acids is 1. The fourth-order valence-corrected chi connectivity index (χ4v) is 6.65. The standard InChI is InChI=1S/C22H35N3O4S/c1-14(21(27)24-13-16-7-5-6-12-23-16)17-8-10-22(3)11-9-18(25-30(4,28)29)15(2)19(22)20(17)26/h5-7,12,14-15,17-20,25-26H,8-11,13H2,1-4H3,(H,24,27)/t14-,15-,17-,18-,19+,20-,22+/m0/s1. The predicted molar refractivity (Wildman–Crippen MR) is 116 cm³/mol. The zero-order chi connectivity index (χ0) is 22.1. The summed E-state index contributed by atoms with van der Waals surface area (Å²) < 4.78 is 26.3. The summed E-state index contributed by atoms with van der Waals surface area (Å²) >= 11 is 0. The first-order chi connectivity index (χ1) is 14.0. The lowest BCUT2D eigenvalue weighted by molar-refractivity contribution is -0.141. The van der Waals surface area contributed by atoms with Crippen molar-refractivity contribution >= 4 is 15.9 Å². The van der Waals surface area contributed by atoms with E-state index in [0.29, 0.717) is 6.54 Å². The van der Waals surface area contributed by atoms with E-state index < -0.39 is 16.1 Å². The lowest BCUT2D eigenvalue weighted by atomic mass is 9.52. The summed E-state index contributed by atoms with van der Waals surface area (Å²) in [4.78, 5) is 17.0. The highest BCUT2D eigenvalue weighted by Gasteiger charge is 2.53. The fourth-order valence-electron chi connectivity index (χ4n) is 5.77. The second-order valence-corrected chi connectivity index (χ2v) is 11.4. The van der Waals surface area contributed by atoms with Crippen molar-refractivity contribution in [1.82, 2.24) is 15.0 Å². The Hall–Kier alpha value is -1.51. The Bertz CT molecular complexity index is 847. The van der Waals surface area contributed by atoms with Gasteiger partial charge in [-0.25, -0.2) is 13.1 Å². The van der Waals surface area contributed by atoms with Crippen LogP contribution in [0.4, 0.5) is 0 Å². The van der Waals surface area contributed by atoms with Gasteiger partial charge in [-0.1, -0.05) is 26.8 Å². The van der Waals surface area contributed by atoms with E-state index in [2.05, 4.69) is 21.9 Å². The first-order valence-electron chi connectivity index (χ1n) is 10.8. The molecule has 2 aliphatic carbocycles. The number of nitrogens with one attached hydrogen (secondary N) is 2. The monoisotopic (exact) mass is 437 g/mol. The summed E-state index contributed by atoms with van der Waals surface area (Å²) in [5.41, 5.74) is 0.764. The fraction of sp³-hybridized carbons (Fsp3) is 0.727. The van der Waals surface area contributed by atoms with E-state index in [4.69, 9.17) is 0 Å². The Morgan fingerprint density at radius 3 is 2.67 bits per heavy atom. The molecule has 0 aromatic carbocycles. The molecule has 7 nitrogen and oxygen atoms in total. The van der Waals surface area contributed by atoms with Crippen LogP contribution in [-0.2, 0) is 21.4 Å². The van der Waals surface area contributed by atoms with Crippen molar-refractivity contribution < 1.29 is 18.3 Å². The summed E-state index contributed by atoms with van der Waals surface area (Å²) in [7, 11) is -3.31. The number of carbonyl (C=O) groups is 1. The average Bonchev–Trinajstić information content (AvgIpc) is 2.68. The average molecular weight is 438 g/mol. The zero-order valence-electron chi connectivity index (χ0n) is 18.3. The SMILES string of the molecule is C[C@@H]1[C@@H]2[C@@H](O)[C@H]([C@H](C)C(=O)NCc3ccccn3)CC[C@]2(C)CC[C@@H]1NS(C)(=O)=O. The van der Waals surface area contributed by atoms with Crippen LogP contribution in [0.25, 0.3) is 0 Å². The summed E-state index contributed by atoms with van der Waals surface area (Å²) in [6, 6.07) is 5.40. The van der Waals surface area contributed by atoms with E-state index in [9.17, 15) is 18.3 Å².